The van der Waals surface area contributed by atoms with Gasteiger partial charge in [-0.15, -0.1) is 0 Å². The van der Waals surface area contributed by atoms with Crippen LogP contribution in [0.5, 0.6) is 0 Å². The van der Waals surface area contributed by atoms with Crippen LogP contribution in [0.2, 0.25) is 0 Å². The fourth-order valence-corrected chi connectivity index (χ4v) is 3.47. The molecule has 0 saturated heterocycles. The minimum absolute atomic E-state index is 0.0551. The molecule has 0 spiro atoms. The number of anilines is 1. The smallest absolute Gasteiger partial charge is 0.368 e. The minimum atomic E-state index is -0.701. The number of nitrogens with two attached hydrogens (primary N) is 1. The highest BCUT2D eigenvalue weighted by molar-refractivity contribution is 6.06. The monoisotopic (exact) mass is 403 g/mol. The van der Waals surface area contributed by atoms with Gasteiger partial charge in [-0.05, 0) is 6.07 Å². The third kappa shape index (κ3) is 3.33. The molecule has 2 aromatic carbocycles. The van der Waals surface area contributed by atoms with E-state index in [1.807, 2.05) is 84.6 Å². The van der Waals surface area contributed by atoms with E-state index < -0.39 is 5.97 Å². The fourth-order valence-electron chi connectivity index (χ4n) is 3.47. The van der Waals surface area contributed by atoms with Crippen molar-refractivity contribution in [2.45, 2.75) is 0 Å². The van der Waals surface area contributed by atoms with Crippen molar-refractivity contribution >= 4 is 22.8 Å². The molecule has 8 nitrogen and oxygen atoms in total. The van der Waals surface area contributed by atoms with Crippen molar-refractivity contribution in [2.24, 2.45) is 0 Å². The normalized spacial score (nSPS) is 10.9. The number of hydrogen-bond donors (Lipinski definition) is 1. The van der Waals surface area contributed by atoms with Gasteiger partial charge < -0.3 is 10.7 Å². The summed E-state index contributed by atoms with van der Waals surface area (Å²) in [6.07, 6.45) is 1.91. The largest absolute Gasteiger partial charge is 0.377 e. The Kier molecular flexibility index (Phi) is 5.07. The van der Waals surface area contributed by atoms with Crippen LogP contribution in [0.25, 0.3) is 33.4 Å². The average Bonchev–Trinajstić information content (AvgIpc) is 3.14. The van der Waals surface area contributed by atoms with Crippen molar-refractivity contribution < 1.29 is 14.6 Å². The van der Waals surface area contributed by atoms with Gasteiger partial charge in [0, 0.05) is 36.8 Å². The number of nitrogens with zero attached hydrogens (tertiary/aromatic N) is 4. The van der Waals surface area contributed by atoms with Crippen LogP contribution in [0, 0.1) is 0 Å². The Morgan fingerprint density at radius 1 is 1.00 bits per heavy atom. The Morgan fingerprint density at radius 3 is 2.37 bits per heavy atom. The summed E-state index contributed by atoms with van der Waals surface area (Å²) in [7, 11) is 5.13. The first-order valence-electron chi connectivity index (χ1n) is 9.27. The lowest BCUT2D eigenvalue weighted by Gasteiger charge is -2.15. The number of para-hydroxylation sites is 1. The van der Waals surface area contributed by atoms with Crippen molar-refractivity contribution in [3.63, 3.8) is 0 Å². The molecule has 0 aliphatic carbocycles. The van der Waals surface area contributed by atoms with E-state index in [4.69, 9.17) is 10.6 Å². The third-order valence-corrected chi connectivity index (χ3v) is 4.72. The molecule has 4 rings (SSSR count). The van der Waals surface area contributed by atoms with Crippen molar-refractivity contribution in [2.75, 3.05) is 31.9 Å². The molecule has 2 N–H and O–H groups in total. The standard InChI is InChI=1S/C22H21N5O3/c1-26(2)27-13-16(15-11-7-8-12-17(15)27)20-18(21(28)30-29-3)19(24-22(23)25-20)14-9-5-4-6-10-14/h4-13H,1-3H3,(H2,23,24,25). The molecule has 8 heteroatoms. The Hall–Kier alpha value is -3.91. The van der Waals surface area contributed by atoms with Crippen LogP contribution < -0.4 is 10.7 Å². The summed E-state index contributed by atoms with van der Waals surface area (Å²) in [5, 5.41) is 2.84. The number of fused-ring (bicyclic) bond motifs is 1. The molecule has 0 fully saturated rings. The van der Waals surface area contributed by atoms with E-state index in [0.29, 0.717) is 17.0 Å². The number of benzene rings is 2. The second-order valence-electron chi connectivity index (χ2n) is 6.81. The lowest BCUT2D eigenvalue weighted by atomic mass is 10.00. The maximum Gasteiger partial charge on any atom is 0.377 e. The van der Waals surface area contributed by atoms with Gasteiger partial charge in [0.05, 0.1) is 24.0 Å². The summed E-state index contributed by atoms with van der Waals surface area (Å²) in [5.41, 5.74) is 9.40. The highest BCUT2D eigenvalue weighted by Crippen LogP contribution is 2.36. The van der Waals surface area contributed by atoms with E-state index in [1.165, 1.54) is 7.11 Å². The molecule has 0 unspecified atom stereocenters. The Bertz CT molecular complexity index is 1220. The second-order valence-corrected chi connectivity index (χ2v) is 6.81. The maximum absolute atomic E-state index is 12.9. The van der Waals surface area contributed by atoms with Gasteiger partial charge in [0.15, 0.2) is 0 Å². The molecule has 2 heterocycles. The van der Waals surface area contributed by atoms with Gasteiger partial charge >= 0.3 is 5.97 Å². The zero-order chi connectivity index (χ0) is 21.3. The van der Waals surface area contributed by atoms with Crippen LogP contribution in [-0.2, 0) is 9.78 Å². The molecule has 4 aromatic rings. The average molecular weight is 403 g/mol. The van der Waals surface area contributed by atoms with E-state index in [0.717, 1.165) is 16.5 Å². The van der Waals surface area contributed by atoms with Gasteiger partial charge in [-0.25, -0.2) is 14.8 Å². The summed E-state index contributed by atoms with van der Waals surface area (Å²) < 4.78 is 1.97. The molecule has 152 valence electrons. The summed E-state index contributed by atoms with van der Waals surface area (Å²) in [6.45, 7) is 0. The first kappa shape index (κ1) is 19.4. The van der Waals surface area contributed by atoms with Crippen LogP contribution in [-0.4, -0.2) is 41.8 Å². The summed E-state index contributed by atoms with van der Waals surface area (Å²) >= 11 is 0. The van der Waals surface area contributed by atoms with Gasteiger partial charge in [0.1, 0.15) is 5.56 Å². The molecule has 0 amide bonds. The van der Waals surface area contributed by atoms with Crippen LogP contribution in [0.1, 0.15) is 10.4 Å². The number of carbonyl (C=O) groups excluding carboxylic acids is 1. The Balaban J connectivity index is 2.07. The summed E-state index contributed by atoms with van der Waals surface area (Å²) in [5.74, 6) is -0.646. The van der Waals surface area contributed by atoms with E-state index in [-0.39, 0.29) is 11.5 Å². The first-order chi connectivity index (χ1) is 14.5. The molecule has 0 atom stereocenters. The molecular weight excluding hydrogens is 382 g/mol. The van der Waals surface area contributed by atoms with Gasteiger partial charge in [0.2, 0.25) is 5.95 Å². The lowest BCUT2D eigenvalue weighted by molar-refractivity contribution is -0.216. The predicted octanol–water partition coefficient (Wildman–Crippen LogP) is 3.26. The molecular formula is C22H21N5O3. The fraction of sp³-hybridized carbons (Fsp3) is 0.136. The first-order valence-corrected chi connectivity index (χ1v) is 9.27. The topological polar surface area (TPSA) is 95.5 Å². The number of nitrogen functional groups attached to an aromatic ring is 1. The highest BCUT2D eigenvalue weighted by atomic mass is 17.2. The van der Waals surface area contributed by atoms with Gasteiger partial charge in [-0.3, -0.25) is 9.56 Å². The molecule has 0 aliphatic rings. The van der Waals surface area contributed by atoms with Crippen LogP contribution >= 0.6 is 0 Å². The number of rotatable bonds is 5. The molecule has 0 bridgehead atoms. The highest BCUT2D eigenvalue weighted by Gasteiger charge is 2.27. The lowest BCUT2D eigenvalue weighted by Crippen LogP contribution is -2.23. The van der Waals surface area contributed by atoms with Crippen LogP contribution in [0.15, 0.2) is 60.8 Å². The van der Waals surface area contributed by atoms with Crippen molar-refractivity contribution in [1.82, 2.24) is 14.6 Å². The number of hydrogen-bond acceptors (Lipinski definition) is 7. The van der Waals surface area contributed by atoms with Crippen molar-refractivity contribution in [3.8, 4) is 22.5 Å². The second kappa shape index (κ2) is 7.84. The zero-order valence-electron chi connectivity index (χ0n) is 16.9. The molecule has 0 saturated carbocycles. The Morgan fingerprint density at radius 2 is 1.67 bits per heavy atom. The summed E-state index contributed by atoms with van der Waals surface area (Å²) in [4.78, 5) is 31.3. The number of aromatic nitrogens is 3. The zero-order valence-corrected chi connectivity index (χ0v) is 16.9. The van der Waals surface area contributed by atoms with E-state index in [1.54, 1.807) is 0 Å². The van der Waals surface area contributed by atoms with E-state index >= 15 is 0 Å². The van der Waals surface area contributed by atoms with E-state index in [2.05, 4.69) is 14.9 Å². The Labute approximate surface area is 173 Å². The predicted molar refractivity (Wildman–Crippen MR) is 115 cm³/mol. The van der Waals surface area contributed by atoms with Crippen molar-refractivity contribution in [1.29, 1.82) is 0 Å². The minimum Gasteiger partial charge on any atom is -0.368 e. The molecule has 2 aromatic heterocycles. The number of carbonyl (C=O) groups is 1. The van der Waals surface area contributed by atoms with Gasteiger partial charge in [-0.2, -0.15) is 4.89 Å². The SMILES string of the molecule is COOC(=O)c1c(-c2ccccc2)nc(N)nc1-c1cn(N(C)C)c2ccccc12. The van der Waals surface area contributed by atoms with Crippen molar-refractivity contribution in [3.05, 3.63) is 66.4 Å². The third-order valence-electron chi connectivity index (χ3n) is 4.72. The quantitative estimate of drug-likeness (QED) is 0.404. The molecule has 0 aliphatic heterocycles. The molecule has 30 heavy (non-hydrogen) atoms. The maximum atomic E-state index is 12.9. The summed E-state index contributed by atoms with van der Waals surface area (Å²) in [6, 6.07) is 17.1. The van der Waals surface area contributed by atoms with Crippen LogP contribution in [0.4, 0.5) is 5.95 Å². The van der Waals surface area contributed by atoms with Gasteiger partial charge in [-0.1, -0.05) is 48.5 Å². The van der Waals surface area contributed by atoms with Crippen LogP contribution in [0.3, 0.4) is 0 Å². The molecule has 0 radical (unpaired) electrons. The van der Waals surface area contributed by atoms with Gasteiger partial charge in [0.25, 0.3) is 0 Å². The van der Waals surface area contributed by atoms with E-state index in [9.17, 15) is 4.79 Å².